The molecular formula is C17H23BrN6. The Bertz CT molecular complexity index is 705. The standard InChI is InChI=1S/C17H23BrN6/c1-12-7-13(18)9-19-17(12)24-6-4-5-14(10-24)22-15-8-16(23(2)3)21-11-20-15/h7-9,11,14H,4-6,10H2,1-3H3,(H,20,21,22). The lowest BCUT2D eigenvalue weighted by Crippen LogP contribution is -2.43. The van der Waals surface area contributed by atoms with E-state index < -0.39 is 0 Å². The summed E-state index contributed by atoms with van der Waals surface area (Å²) in [5.74, 6) is 2.85. The van der Waals surface area contributed by atoms with Crippen LogP contribution in [0.2, 0.25) is 0 Å². The van der Waals surface area contributed by atoms with Crippen LogP contribution in [0.4, 0.5) is 17.5 Å². The molecule has 1 N–H and O–H groups in total. The fourth-order valence-corrected chi connectivity index (χ4v) is 3.48. The summed E-state index contributed by atoms with van der Waals surface area (Å²) in [6.07, 6.45) is 5.75. The van der Waals surface area contributed by atoms with Gasteiger partial charge in [0.25, 0.3) is 0 Å². The van der Waals surface area contributed by atoms with E-state index in [1.165, 1.54) is 5.56 Å². The molecule has 0 aromatic carbocycles. The van der Waals surface area contributed by atoms with E-state index >= 15 is 0 Å². The molecule has 7 heteroatoms. The van der Waals surface area contributed by atoms with E-state index in [0.29, 0.717) is 6.04 Å². The van der Waals surface area contributed by atoms with E-state index in [4.69, 9.17) is 0 Å². The zero-order valence-corrected chi connectivity index (χ0v) is 15.9. The number of anilines is 3. The van der Waals surface area contributed by atoms with Gasteiger partial charge >= 0.3 is 0 Å². The van der Waals surface area contributed by atoms with Crippen LogP contribution in [0, 0.1) is 6.92 Å². The van der Waals surface area contributed by atoms with Gasteiger partial charge in [-0.2, -0.15) is 0 Å². The van der Waals surface area contributed by atoms with Gasteiger partial charge in [0.2, 0.25) is 0 Å². The van der Waals surface area contributed by atoms with Crippen LogP contribution in [0.5, 0.6) is 0 Å². The summed E-state index contributed by atoms with van der Waals surface area (Å²) in [5, 5.41) is 3.55. The molecule has 24 heavy (non-hydrogen) atoms. The molecule has 1 aliphatic heterocycles. The highest BCUT2D eigenvalue weighted by Crippen LogP contribution is 2.25. The normalized spacial score (nSPS) is 17.7. The van der Waals surface area contributed by atoms with Crippen LogP contribution in [0.1, 0.15) is 18.4 Å². The van der Waals surface area contributed by atoms with Gasteiger partial charge in [-0.05, 0) is 47.3 Å². The molecule has 1 atom stereocenters. The molecule has 0 bridgehead atoms. The molecule has 2 aromatic heterocycles. The van der Waals surface area contributed by atoms with Gasteiger partial charge in [0.15, 0.2) is 0 Å². The SMILES string of the molecule is Cc1cc(Br)cnc1N1CCCC(Nc2cc(N(C)C)ncn2)C1. The molecular weight excluding hydrogens is 368 g/mol. The van der Waals surface area contributed by atoms with E-state index in [9.17, 15) is 0 Å². The van der Waals surface area contributed by atoms with Crippen molar-refractivity contribution in [2.75, 3.05) is 42.3 Å². The molecule has 1 aliphatic rings. The largest absolute Gasteiger partial charge is 0.365 e. The second kappa shape index (κ2) is 7.34. The number of pyridine rings is 1. The lowest BCUT2D eigenvalue weighted by Gasteiger charge is -2.35. The first kappa shape index (κ1) is 17.0. The zero-order valence-electron chi connectivity index (χ0n) is 14.3. The highest BCUT2D eigenvalue weighted by atomic mass is 79.9. The third kappa shape index (κ3) is 3.95. The smallest absolute Gasteiger partial charge is 0.133 e. The maximum Gasteiger partial charge on any atom is 0.133 e. The van der Waals surface area contributed by atoms with E-state index in [1.807, 2.05) is 31.3 Å². The summed E-state index contributed by atoms with van der Waals surface area (Å²) in [4.78, 5) is 17.6. The average Bonchev–Trinajstić information content (AvgIpc) is 2.55. The average molecular weight is 391 g/mol. The predicted octanol–water partition coefficient (Wildman–Crippen LogP) is 3.09. The quantitative estimate of drug-likeness (QED) is 0.865. The van der Waals surface area contributed by atoms with Gasteiger partial charge in [-0.25, -0.2) is 15.0 Å². The minimum absolute atomic E-state index is 0.355. The predicted molar refractivity (Wildman–Crippen MR) is 102 cm³/mol. The van der Waals surface area contributed by atoms with E-state index in [2.05, 4.69) is 54.1 Å². The number of aromatic nitrogens is 3. The first-order chi connectivity index (χ1) is 11.5. The van der Waals surface area contributed by atoms with Crippen molar-refractivity contribution < 1.29 is 0 Å². The van der Waals surface area contributed by atoms with Crippen LogP contribution in [0.15, 0.2) is 29.1 Å². The molecule has 0 amide bonds. The molecule has 3 heterocycles. The summed E-state index contributed by atoms with van der Waals surface area (Å²) >= 11 is 3.48. The Morgan fingerprint density at radius 3 is 2.83 bits per heavy atom. The van der Waals surface area contributed by atoms with Crippen LogP contribution in [0.25, 0.3) is 0 Å². The Morgan fingerprint density at radius 1 is 1.25 bits per heavy atom. The first-order valence-electron chi connectivity index (χ1n) is 8.16. The summed E-state index contributed by atoms with van der Waals surface area (Å²) in [5.41, 5.74) is 1.20. The summed E-state index contributed by atoms with van der Waals surface area (Å²) in [7, 11) is 3.97. The molecule has 1 saturated heterocycles. The Morgan fingerprint density at radius 2 is 2.08 bits per heavy atom. The zero-order chi connectivity index (χ0) is 17.1. The second-order valence-corrected chi connectivity index (χ2v) is 7.30. The fourth-order valence-electron chi connectivity index (χ4n) is 3.03. The number of nitrogens with one attached hydrogen (secondary N) is 1. The van der Waals surface area contributed by atoms with Crippen LogP contribution >= 0.6 is 15.9 Å². The van der Waals surface area contributed by atoms with E-state index in [-0.39, 0.29) is 0 Å². The van der Waals surface area contributed by atoms with Gasteiger partial charge in [0.1, 0.15) is 23.8 Å². The van der Waals surface area contributed by atoms with Crippen molar-refractivity contribution in [3.05, 3.63) is 34.7 Å². The molecule has 2 aromatic rings. The van der Waals surface area contributed by atoms with Gasteiger partial charge in [0.05, 0.1) is 0 Å². The molecule has 128 valence electrons. The number of hydrogen-bond donors (Lipinski definition) is 1. The third-order valence-corrected chi connectivity index (χ3v) is 4.63. The maximum absolute atomic E-state index is 4.60. The fraction of sp³-hybridized carbons (Fsp3) is 0.471. The van der Waals surface area contributed by atoms with Crippen molar-refractivity contribution in [3.63, 3.8) is 0 Å². The van der Waals surface area contributed by atoms with Gasteiger partial charge in [0, 0.05) is 50.0 Å². The van der Waals surface area contributed by atoms with Crippen molar-refractivity contribution in [1.29, 1.82) is 0 Å². The minimum atomic E-state index is 0.355. The minimum Gasteiger partial charge on any atom is -0.365 e. The number of halogens is 1. The number of hydrogen-bond acceptors (Lipinski definition) is 6. The van der Waals surface area contributed by atoms with E-state index in [0.717, 1.165) is 47.9 Å². The Hall–Kier alpha value is -1.89. The molecule has 1 unspecified atom stereocenters. The van der Waals surface area contributed by atoms with Crippen molar-refractivity contribution in [1.82, 2.24) is 15.0 Å². The third-order valence-electron chi connectivity index (χ3n) is 4.20. The maximum atomic E-state index is 4.60. The van der Waals surface area contributed by atoms with Crippen molar-refractivity contribution >= 4 is 33.4 Å². The number of piperidine rings is 1. The van der Waals surface area contributed by atoms with Gasteiger partial charge in [-0.3, -0.25) is 0 Å². The Kier molecular flexibility index (Phi) is 5.18. The molecule has 6 nitrogen and oxygen atoms in total. The Balaban J connectivity index is 1.70. The molecule has 3 rings (SSSR count). The topological polar surface area (TPSA) is 57.2 Å². The second-order valence-electron chi connectivity index (χ2n) is 6.38. The van der Waals surface area contributed by atoms with Crippen molar-refractivity contribution in [2.45, 2.75) is 25.8 Å². The number of rotatable bonds is 4. The number of nitrogens with zero attached hydrogens (tertiary/aromatic N) is 5. The first-order valence-corrected chi connectivity index (χ1v) is 8.95. The molecule has 0 saturated carbocycles. The highest BCUT2D eigenvalue weighted by Gasteiger charge is 2.22. The van der Waals surface area contributed by atoms with Crippen molar-refractivity contribution in [2.24, 2.45) is 0 Å². The summed E-state index contributed by atoms with van der Waals surface area (Å²) in [6, 6.07) is 4.46. The highest BCUT2D eigenvalue weighted by molar-refractivity contribution is 9.10. The molecule has 0 radical (unpaired) electrons. The van der Waals surface area contributed by atoms with Crippen LogP contribution in [0.3, 0.4) is 0 Å². The molecule has 0 spiro atoms. The van der Waals surface area contributed by atoms with E-state index in [1.54, 1.807) is 6.33 Å². The summed E-state index contributed by atoms with van der Waals surface area (Å²) < 4.78 is 1.02. The van der Waals surface area contributed by atoms with Gasteiger partial charge in [-0.15, -0.1) is 0 Å². The molecule has 1 fully saturated rings. The van der Waals surface area contributed by atoms with Gasteiger partial charge < -0.3 is 15.1 Å². The van der Waals surface area contributed by atoms with Crippen molar-refractivity contribution in [3.8, 4) is 0 Å². The van der Waals surface area contributed by atoms with Crippen LogP contribution in [-0.2, 0) is 0 Å². The lowest BCUT2D eigenvalue weighted by molar-refractivity contribution is 0.525. The summed E-state index contributed by atoms with van der Waals surface area (Å²) in [6.45, 7) is 4.08. The lowest BCUT2D eigenvalue weighted by atomic mass is 10.1. The monoisotopic (exact) mass is 390 g/mol. The number of aryl methyl sites for hydroxylation is 1. The Labute approximate surface area is 151 Å². The van der Waals surface area contributed by atoms with Crippen LogP contribution in [-0.4, -0.2) is 48.2 Å². The molecule has 0 aliphatic carbocycles. The van der Waals surface area contributed by atoms with Gasteiger partial charge in [-0.1, -0.05) is 0 Å². The van der Waals surface area contributed by atoms with Crippen LogP contribution < -0.4 is 15.1 Å².